The summed E-state index contributed by atoms with van der Waals surface area (Å²) >= 11 is 0. The molecule has 0 atom stereocenters. The van der Waals surface area contributed by atoms with E-state index in [4.69, 9.17) is 0 Å². The van der Waals surface area contributed by atoms with E-state index in [2.05, 4.69) is 10.3 Å². The highest BCUT2D eigenvalue weighted by molar-refractivity contribution is 5.93. The SMILES string of the molecule is CNC1CCN(C(=O)c2c[nH]ccc2=O)CC1. The van der Waals surface area contributed by atoms with Crippen LogP contribution in [-0.4, -0.2) is 42.0 Å². The second kappa shape index (κ2) is 5.14. The summed E-state index contributed by atoms with van der Waals surface area (Å²) < 4.78 is 0. The maximum atomic E-state index is 12.1. The Balaban J connectivity index is 2.07. The van der Waals surface area contributed by atoms with Crippen molar-refractivity contribution in [1.82, 2.24) is 15.2 Å². The third-order valence-electron chi connectivity index (χ3n) is 3.24. The quantitative estimate of drug-likeness (QED) is 0.769. The maximum Gasteiger partial charge on any atom is 0.259 e. The van der Waals surface area contributed by atoms with Gasteiger partial charge in [-0.05, 0) is 19.9 Å². The first-order valence-corrected chi connectivity index (χ1v) is 5.86. The molecular formula is C12H17N3O2. The predicted octanol–water partition coefficient (Wildman–Crippen LogP) is 0.199. The van der Waals surface area contributed by atoms with E-state index in [0.29, 0.717) is 19.1 Å². The van der Waals surface area contributed by atoms with E-state index >= 15 is 0 Å². The van der Waals surface area contributed by atoms with Crippen molar-refractivity contribution in [2.45, 2.75) is 18.9 Å². The number of nitrogens with one attached hydrogen (secondary N) is 2. The van der Waals surface area contributed by atoms with E-state index < -0.39 is 0 Å². The standard InChI is InChI=1S/C12H17N3O2/c1-13-9-3-6-15(7-4-9)12(17)10-8-14-5-2-11(10)16/h2,5,8-9,13H,3-4,6-7H2,1H3,(H,14,16). The fourth-order valence-electron chi connectivity index (χ4n) is 2.12. The number of piperidine rings is 1. The number of carbonyl (C=O) groups is 1. The number of rotatable bonds is 2. The summed E-state index contributed by atoms with van der Waals surface area (Å²) in [6, 6.07) is 1.86. The van der Waals surface area contributed by atoms with Gasteiger partial charge in [-0.15, -0.1) is 0 Å². The number of likely N-dealkylation sites (tertiary alicyclic amines) is 1. The first kappa shape index (κ1) is 11.9. The number of amides is 1. The van der Waals surface area contributed by atoms with Gasteiger partial charge in [0.15, 0.2) is 5.43 Å². The topological polar surface area (TPSA) is 65.2 Å². The molecule has 0 saturated carbocycles. The third-order valence-corrected chi connectivity index (χ3v) is 3.24. The van der Waals surface area contributed by atoms with Crippen LogP contribution in [0.25, 0.3) is 0 Å². The molecule has 1 aromatic heterocycles. The number of H-pyrrole nitrogens is 1. The zero-order chi connectivity index (χ0) is 12.3. The second-order valence-corrected chi connectivity index (χ2v) is 4.28. The molecule has 1 fully saturated rings. The van der Waals surface area contributed by atoms with Gasteiger partial charge in [0.05, 0.1) is 0 Å². The molecule has 1 aliphatic heterocycles. The van der Waals surface area contributed by atoms with Crippen molar-refractivity contribution in [2.24, 2.45) is 0 Å². The highest BCUT2D eigenvalue weighted by Crippen LogP contribution is 2.11. The molecule has 2 N–H and O–H groups in total. The number of hydrogen-bond donors (Lipinski definition) is 2. The monoisotopic (exact) mass is 235 g/mol. The minimum Gasteiger partial charge on any atom is -0.367 e. The highest BCUT2D eigenvalue weighted by Gasteiger charge is 2.23. The average molecular weight is 235 g/mol. The van der Waals surface area contributed by atoms with E-state index in [0.717, 1.165) is 12.8 Å². The van der Waals surface area contributed by atoms with Crippen molar-refractivity contribution in [3.05, 3.63) is 34.2 Å². The van der Waals surface area contributed by atoms with Crippen LogP contribution in [0.4, 0.5) is 0 Å². The van der Waals surface area contributed by atoms with Crippen molar-refractivity contribution in [2.75, 3.05) is 20.1 Å². The summed E-state index contributed by atoms with van der Waals surface area (Å²) in [6.07, 6.45) is 4.89. The van der Waals surface area contributed by atoms with Crippen LogP contribution in [0.5, 0.6) is 0 Å². The Labute approximate surface area is 99.8 Å². The molecule has 5 nitrogen and oxygen atoms in total. The molecule has 17 heavy (non-hydrogen) atoms. The zero-order valence-corrected chi connectivity index (χ0v) is 9.90. The Bertz CT molecular complexity index is 447. The lowest BCUT2D eigenvalue weighted by Gasteiger charge is -2.31. The Kier molecular flexibility index (Phi) is 3.58. The minimum atomic E-state index is -0.218. The lowest BCUT2D eigenvalue weighted by molar-refractivity contribution is 0.0705. The molecule has 0 radical (unpaired) electrons. The molecule has 2 rings (SSSR count). The molecule has 0 spiro atoms. The normalized spacial score (nSPS) is 17.1. The van der Waals surface area contributed by atoms with Gasteiger partial charge in [0, 0.05) is 37.6 Å². The highest BCUT2D eigenvalue weighted by atomic mass is 16.2. The molecule has 0 aliphatic carbocycles. The molecule has 1 aliphatic rings. The van der Waals surface area contributed by atoms with Crippen molar-refractivity contribution < 1.29 is 4.79 Å². The average Bonchev–Trinajstić information content (AvgIpc) is 2.39. The van der Waals surface area contributed by atoms with E-state index in [1.165, 1.54) is 18.5 Å². The molecule has 5 heteroatoms. The van der Waals surface area contributed by atoms with Crippen molar-refractivity contribution in [1.29, 1.82) is 0 Å². The van der Waals surface area contributed by atoms with Crippen LogP contribution < -0.4 is 10.7 Å². The molecule has 1 aromatic rings. The van der Waals surface area contributed by atoms with Crippen LogP contribution in [0.1, 0.15) is 23.2 Å². The summed E-state index contributed by atoms with van der Waals surface area (Å²) in [4.78, 5) is 28.2. The van der Waals surface area contributed by atoms with Crippen molar-refractivity contribution >= 4 is 5.91 Å². The van der Waals surface area contributed by atoms with Gasteiger partial charge < -0.3 is 15.2 Å². The molecule has 1 saturated heterocycles. The third kappa shape index (κ3) is 2.55. The molecule has 0 bridgehead atoms. The molecule has 1 amide bonds. The van der Waals surface area contributed by atoms with Crippen LogP contribution in [0.15, 0.2) is 23.3 Å². The lowest BCUT2D eigenvalue weighted by Crippen LogP contribution is -2.44. The van der Waals surface area contributed by atoms with Crippen LogP contribution in [-0.2, 0) is 0 Å². The van der Waals surface area contributed by atoms with Crippen LogP contribution in [0.3, 0.4) is 0 Å². The van der Waals surface area contributed by atoms with Gasteiger partial charge in [0.2, 0.25) is 0 Å². The van der Waals surface area contributed by atoms with Gasteiger partial charge in [0.25, 0.3) is 5.91 Å². The fourth-order valence-corrected chi connectivity index (χ4v) is 2.12. The minimum absolute atomic E-state index is 0.165. The van der Waals surface area contributed by atoms with E-state index in [9.17, 15) is 9.59 Å². The second-order valence-electron chi connectivity index (χ2n) is 4.28. The van der Waals surface area contributed by atoms with E-state index in [-0.39, 0.29) is 16.9 Å². The van der Waals surface area contributed by atoms with Crippen LogP contribution in [0.2, 0.25) is 0 Å². The van der Waals surface area contributed by atoms with Gasteiger partial charge in [-0.3, -0.25) is 9.59 Å². The van der Waals surface area contributed by atoms with Gasteiger partial charge in [-0.2, -0.15) is 0 Å². The molecular weight excluding hydrogens is 218 g/mol. The zero-order valence-electron chi connectivity index (χ0n) is 9.90. The Morgan fingerprint density at radius 2 is 2.18 bits per heavy atom. The smallest absolute Gasteiger partial charge is 0.259 e. The maximum absolute atomic E-state index is 12.1. The Hall–Kier alpha value is -1.62. The van der Waals surface area contributed by atoms with Crippen LogP contribution in [0, 0.1) is 0 Å². The number of pyridine rings is 1. The van der Waals surface area contributed by atoms with Gasteiger partial charge in [0.1, 0.15) is 5.56 Å². The predicted molar refractivity (Wildman–Crippen MR) is 65.0 cm³/mol. The summed E-state index contributed by atoms with van der Waals surface area (Å²) in [5.41, 5.74) is 0.0138. The lowest BCUT2D eigenvalue weighted by atomic mass is 10.0. The number of carbonyl (C=O) groups excluding carboxylic acids is 1. The summed E-state index contributed by atoms with van der Waals surface area (Å²) in [6.45, 7) is 1.41. The molecule has 92 valence electrons. The van der Waals surface area contributed by atoms with Crippen molar-refractivity contribution in [3.8, 4) is 0 Å². The number of nitrogens with zero attached hydrogens (tertiary/aromatic N) is 1. The molecule has 0 unspecified atom stereocenters. The Morgan fingerprint density at radius 3 is 2.76 bits per heavy atom. The summed E-state index contributed by atoms with van der Waals surface area (Å²) in [7, 11) is 1.93. The number of aromatic amines is 1. The number of aromatic nitrogens is 1. The van der Waals surface area contributed by atoms with Crippen molar-refractivity contribution in [3.63, 3.8) is 0 Å². The van der Waals surface area contributed by atoms with Gasteiger partial charge in [-0.25, -0.2) is 0 Å². The van der Waals surface area contributed by atoms with Gasteiger partial charge >= 0.3 is 0 Å². The van der Waals surface area contributed by atoms with E-state index in [1.54, 1.807) is 4.90 Å². The first-order chi connectivity index (χ1) is 8.22. The molecule has 2 heterocycles. The number of hydrogen-bond acceptors (Lipinski definition) is 3. The fraction of sp³-hybridized carbons (Fsp3) is 0.500. The van der Waals surface area contributed by atoms with E-state index in [1.807, 2.05) is 7.05 Å². The van der Waals surface area contributed by atoms with Crippen LogP contribution >= 0.6 is 0 Å². The van der Waals surface area contributed by atoms with Gasteiger partial charge in [-0.1, -0.05) is 0 Å². The largest absolute Gasteiger partial charge is 0.367 e. The summed E-state index contributed by atoms with van der Waals surface area (Å²) in [5, 5.41) is 3.21. The Morgan fingerprint density at radius 1 is 1.47 bits per heavy atom. The first-order valence-electron chi connectivity index (χ1n) is 5.86. The summed E-state index contributed by atoms with van der Waals surface area (Å²) in [5.74, 6) is -0.165. The molecule has 0 aromatic carbocycles.